The zero-order valence-electron chi connectivity index (χ0n) is 22.2. The minimum atomic E-state index is -0.774. The molecule has 2 aliphatic rings. The second-order valence-electron chi connectivity index (χ2n) is 10.8. The fourth-order valence-electron chi connectivity index (χ4n) is 5.99. The van der Waals surface area contributed by atoms with Gasteiger partial charge in [-0.1, -0.05) is 97.4 Å². The summed E-state index contributed by atoms with van der Waals surface area (Å²) in [6, 6.07) is 30.2. The number of hydrogen-bond acceptors (Lipinski definition) is 3. The highest BCUT2D eigenvalue weighted by atomic mass is 16.2. The molecule has 5 heteroatoms. The summed E-state index contributed by atoms with van der Waals surface area (Å²) < 4.78 is 0. The molecule has 2 aliphatic heterocycles. The highest BCUT2D eigenvalue weighted by molar-refractivity contribution is 6.00. The van der Waals surface area contributed by atoms with Gasteiger partial charge in [0.05, 0.1) is 0 Å². The van der Waals surface area contributed by atoms with Gasteiger partial charge >= 0.3 is 0 Å². The van der Waals surface area contributed by atoms with Gasteiger partial charge in [-0.15, -0.1) is 0 Å². The molecule has 0 radical (unpaired) electrons. The Morgan fingerprint density at radius 2 is 1.29 bits per heavy atom. The molecule has 38 heavy (non-hydrogen) atoms. The first-order valence-electron chi connectivity index (χ1n) is 14.1. The van der Waals surface area contributed by atoms with Crippen molar-refractivity contribution in [3.63, 3.8) is 0 Å². The predicted molar refractivity (Wildman–Crippen MR) is 151 cm³/mol. The monoisotopic (exact) mass is 509 g/mol. The molecule has 198 valence electrons. The summed E-state index contributed by atoms with van der Waals surface area (Å²) in [5, 5.41) is 3.13. The largest absolute Gasteiger partial charge is 0.342 e. The van der Waals surface area contributed by atoms with Gasteiger partial charge in [0.2, 0.25) is 11.8 Å². The number of piperazine rings is 1. The first-order chi connectivity index (χ1) is 18.6. The number of hydrogen-bond donors (Lipinski definition) is 1. The SMILES string of the molecule is O=C1[C@H](Cc2ccccc2)NC(=O)C2(CCN(CCCCCc3ccccc3)CC2)N1Cc1ccccc1. The van der Waals surface area contributed by atoms with Crippen molar-refractivity contribution in [2.75, 3.05) is 19.6 Å². The Bertz CT molecular complexity index is 1170. The molecule has 1 spiro atoms. The van der Waals surface area contributed by atoms with Gasteiger partial charge in [-0.2, -0.15) is 0 Å². The van der Waals surface area contributed by atoms with E-state index in [0.29, 0.717) is 25.8 Å². The van der Waals surface area contributed by atoms with Gasteiger partial charge in [-0.25, -0.2) is 0 Å². The number of carbonyl (C=O) groups is 2. The number of likely N-dealkylation sites (tertiary alicyclic amines) is 1. The second-order valence-corrected chi connectivity index (χ2v) is 10.8. The van der Waals surface area contributed by atoms with Gasteiger partial charge in [0.1, 0.15) is 11.6 Å². The number of benzene rings is 3. The van der Waals surface area contributed by atoms with E-state index in [-0.39, 0.29) is 11.8 Å². The normalized spacial score (nSPS) is 19.5. The smallest absolute Gasteiger partial charge is 0.246 e. The molecule has 1 N–H and O–H groups in total. The molecular formula is C33H39N3O2. The van der Waals surface area contributed by atoms with Gasteiger partial charge in [0.15, 0.2) is 0 Å². The van der Waals surface area contributed by atoms with Gasteiger partial charge in [-0.3, -0.25) is 9.59 Å². The Hall–Kier alpha value is -3.44. The lowest BCUT2D eigenvalue weighted by atomic mass is 9.80. The summed E-state index contributed by atoms with van der Waals surface area (Å²) in [6.45, 7) is 3.20. The van der Waals surface area contributed by atoms with Gasteiger partial charge in [-0.05, 0) is 55.3 Å². The first kappa shape index (κ1) is 26.2. The number of piperidine rings is 1. The zero-order valence-corrected chi connectivity index (χ0v) is 22.2. The molecule has 5 rings (SSSR count). The van der Waals surface area contributed by atoms with E-state index in [0.717, 1.165) is 43.6 Å². The highest BCUT2D eigenvalue weighted by Gasteiger charge is 2.53. The molecule has 5 nitrogen and oxygen atoms in total. The molecular weight excluding hydrogens is 470 g/mol. The summed E-state index contributed by atoms with van der Waals surface area (Å²) in [5.74, 6) is 0.0446. The van der Waals surface area contributed by atoms with Crippen molar-refractivity contribution in [3.8, 4) is 0 Å². The fraction of sp³-hybridized carbons (Fsp3) is 0.394. The zero-order chi connectivity index (χ0) is 26.2. The lowest BCUT2D eigenvalue weighted by Crippen LogP contribution is -2.72. The number of rotatable bonds is 10. The van der Waals surface area contributed by atoms with Crippen LogP contribution in [0, 0.1) is 0 Å². The maximum atomic E-state index is 13.9. The molecule has 2 heterocycles. The van der Waals surface area contributed by atoms with Crippen molar-refractivity contribution in [2.24, 2.45) is 0 Å². The van der Waals surface area contributed by atoms with E-state index < -0.39 is 11.6 Å². The van der Waals surface area contributed by atoms with E-state index in [1.807, 2.05) is 65.6 Å². The number of nitrogens with zero attached hydrogens (tertiary/aromatic N) is 2. The average molecular weight is 510 g/mol. The summed E-state index contributed by atoms with van der Waals surface area (Å²) in [6.07, 6.45) is 6.58. The molecule has 1 atom stereocenters. The summed E-state index contributed by atoms with van der Waals surface area (Å²) in [5.41, 5.74) is 2.76. The van der Waals surface area contributed by atoms with Gasteiger partial charge in [0.25, 0.3) is 0 Å². The van der Waals surface area contributed by atoms with Crippen molar-refractivity contribution in [1.29, 1.82) is 0 Å². The lowest BCUT2D eigenvalue weighted by Gasteiger charge is -2.51. The van der Waals surface area contributed by atoms with Crippen molar-refractivity contribution in [1.82, 2.24) is 15.1 Å². The van der Waals surface area contributed by atoms with Crippen molar-refractivity contribution < 1.29 is 9.59 Å². The van der Waals surface area contributed by atoms with Crippen LogP contribution in [0.2, 0.25) is 0 Å². The van der Waals surface area contributed by atoms with Crippen molar-refractivity contribution in [2.45, 2.75) is 63.1 Å². The fourth-order valence-corrected chi connectivity index (χ4v) is 5.99. The average Bonchev–Trinajstić information content (AvgIpc) is 2.96. The molecule has 0 aromatic heterocycles. The third-order valence-electron chi connectivity index (χ3n) is 8.24. The maximum Gasteiger partial charge on any atom is 0.246 e. The van der Waals surface area contributed by atoms with Crippen LogP contribution < -0.4 is 5.32 Å². The van der Waals surface area contributed by atoms with E-state index in [1.165, 1.54) is 18.4 Å². The van der Waals surface area contributed by atoms with Crippen LogP contribution >= 0.6 is 0 Å². The molecule has 3 aromatic carbocycles. The van der Waals surface area contributed by atoms with Crippen LogP contribution in [-0.2, 0) is 29.0 Å². The van der Waals surface area contributed by atoms with E-state index in [1.54, 1.807) is 0 Å². The molecule has 3 aromatic rings. The second kappa shape index (κ2) is 12.4. The lowest BCUT2D eigenvalue weighted by molar-refractivity contribution is -0.162. The van der Waals surface area contributed by atoms with E-state index in [9.17, 15) is 9.59 Å². The van der Waals surface area contributed by atoms with E-state index in [2.05, 4.69) is 40.5 Å². The Labute approximate surface area is 226 Å². The molecule has 0 saturated carbocycles. The predicted octanol–water partition coefficient (Wildman–Crippen LogP) is 5.00. The van der Waals surface area contributed by atoms with Crippen LogP contribution in [0.1, 0.15) is 48.8 Å². The Kier molecular flexibility index (Phi) is 8.54. The van der Waals surface area contributed by atoms with Crippen LogP contribution in [0.5, 0.6) is 0 Å². The highest BCUT2D eigenvalue weighted by Crippen LogP contribution is 2.35. The van der Waals surface area contributed by atoms with Crippen molar-refractivity contribution >= 4 is 11.8 Å². The standard InChI is InChI=1S/C33H39N3O2/c37-31-30(25-28-16-7-2-8-17-28)34-32(38)33(36(31)26-29-18-9-3-10-19-29)20-23-35(24-21-33)22-12-4-11-15-27-13-5-1-6-14-27/h1-3,5-10,13-14,16-19,30H,4,11-12,15,20-26H2,(H,34,38)/t30-/m0/s1. The Balaban J connectivity index is 1.21. The minimum Gasteiger partial charge on any atom is -0.342 e. The van der Waals surface area contributed by atoms with Crippen LogP contribution in [0.3, 0.4) is 0 Å². The Morgan fingerprint density at radius 1 is 0.711 bits per heavy atom. The van der Waals surface area contributed by atoms with Gasteiger partial charge in [0, 0.05) is 26.1 Å². The molecule has 2 saturated heterocycles. The Morgan fingerprint density at radius 3 is 1.92 bits per heavy atom. The molecule has 0 unspecified atom stereocenters. The van der Waals surface area contributed by atoms with Crippen LogP contribution in [-0.4, -0.2) is 52.8 Å². The quantitative estimate of drug-likeness (QED) is 0.391. The third-order valence-corrected chi connectivity index (χ3v) is 8.24. The van der Waals surface area contributed by atoms with Crippen LogP contribution in [0.25, 0.3) is 0 Å². The first-order valence-corrected chi connectivity index (χ1v) is 14.1. The molecule has 2 amide bonds. The summed E-state index contributed by atoms with van der Waals surface area (Å²) in [4.78, 5) is 32.0. The minimum absolute atomic E-state index is 0.0106. The molecule has 0 bridgehead atoms. The number of carbonyl (C=O) groups excluding carboxylic acids is 2. The maximum absolute atomic E-state index is 13.9. The number of amides is 2. The van der Waals surface area contributed by atoms with Crippen LogP contribution in [0.15, 0.2) is 91.0 Å². The van der Waals surface area contributed by atoms with Crippen molar-refractivity contribution in [3.05, 3.63) is 108 Å². The third kappa shape index (κ3) is 6.16. The topological polar surface area (TPSA) is 52.7 Å². The van der Waals surface area contributed by atoms with Gasteiger partial charge < -0.3 is 15.1 Å². The van der Waals surface area contributed by atoms with Crippen LogP contribution in [0.4, 0.5) is 0 Å². The summed E-state index contributed by atoms with van der Waals surface area (Å²) >= 11 is 0. The van der Waals surface area contributed by atoms with E-state index in [4.69, 9.17) is 0 Å². The number of aryl methyl sites for hydroxylation is 1. The number of nitrogens with one attached hydrogen (secondary N) is 1. The molecule has 2 fully saturated rings. The van der Waals surface area contributed by atoms with E-state index >= 15 is 0 Å². The summed E-state index contributed by atoms with van der Waals surface area (Å²) in [7, 11) is 0. The molecule has 0 aliphatic carbocycles. The number of unbranched alkanes of at least 4 members (excludes halogenated alkanes) is 2.